The van der Waals surface area contributed by atoms with Crippen molar-refractivity contribution in [2.75, 3.05) is 25.4 Å². The second kappa shape index (κ2) is 7.95. The van der Waals surface area contributed by atoms with Crippen molar-refractivity contribution < 1.29 is 14.0 Å². The first kappa shape index (κ1) is 19.0. The number of rotatable bonds is 3. The van der Waals surface area contributed by atoms with Crippen molar-refractivity contribution in [1.82, 2.24) is 9.80 Å². The molecule has 2 aromatic rings. The summed E-state index contributed by atoms with van der Waals surface area (Å²) in [6, 6.07) is 15.5. The Morgan fingerprint density at radius 3 is 2.32 bits per heavy atom. The number of carbonyl (C=O) groups excluding carboxylic acids is 2. The first-order valence-corrected chi connectivity index (χ1v) is 10.6. The van der Waals surface area contributed by atoms with Gasteiger partial charge in [0.15, 0.2) is 0 Å². The highest BCUT2D eigenvalue weighted by atomic mass is 32.2. The molecule has 0 radical (unpaired) electrons. The van der Waals surface area contributed by atoms with Crippen molar-refractivity contribution in [2.45, 2.75) is 24.1 Å². The second-order valence-corrected chi connectivity index (χ2v) is 8.76. The van der Waals surface area contributed by atoms with E-state index >= 15 is 0 Å². The van der Waals surface area contributed by atoms with Crippen LogP contribution in [0.3, 0.4) is 0 Å². The van der Waals surface area contributed by atoms with Gasteiger partial charge in [0, 0.05) is 31.0 Å². The van der Waals surface area contributed by atoms with E-state index in [-0.39, 0.29) is 28.9 Å². The van der Waals surface area contributed by atoms with E-state index in [1.165, 1.54) is 12.1 Å². The normalized spacial score (nSPS) is 18.5. The number of halogens is 1. The molecule has 6 heteroatoms. The van der Waals surface area contributed by atoms with Gasteiger partial charge in [-0.25, -0.2) is 4.39 Å². The van der Waals surface area contributed by atoms with Crippen LogP contribution in [0.2, 0.25) is 0 Å². The third-order valence-electron chi connectivity index (χ3n) is 5.61. The highest BCUT2D eigenvalue weighted by Crippen LogP contribution is 2.44. The Kier molecular flexibility index (Phi) is 5.40. The van der Waals surface area contributed by atoms with Crippen molar-refractivity contribution in [3.8, 4) is 0 Å². The molecule has 146 valence electrons. The van der Waals surface area contributed by atoms with E-state index in [0.717, 1.165) is 36.3 Å². The molecule has 0 saturated carbocycles. The Hall–Kier alpha value is -2.34. The fraction of sp³-hybridized carbons (Fsp3) is 0.364. The summed E-state index contributed by atoms with van der Waals surface area (Å²) in [6.07, 6.45) is 1.85. The first-order valence-electron chi connectivity index (χ1n) is 9.61. The van der Waals surface area contributed by atoms with Gasteiger partial charge in [-0.15, -0.1) is 11.8 Å². The summed E-state index contributed by atoms with van der Waals surface area (Å²) in [7, 11) is 0. The Bertz CT molecular complexity index is 849. The van der Waals surface area contributed by atoms with E-state index in [1.807, 2.05) is 51.9 Å². The maximum absolute atomic E-state index is 13.0. The number of hydrogen-bond acceptors (Lipinski definition) is 3. The summed E-state index contributed by atoms with van der Waals surface area (Å²) in [6.45, 7) is 2.04. The number of piperidine rings is 1. The molecule has 2 aliphatic rings. The number of likely N-dealkylation sites (tertiary alicyclic amines) is 1. The van der Waals surface area contributed by atoms with Crippen LogP contribution in [0.25, 0.3) is 0 Å². The van der Waals surface area contributed by atoms with Crippen molar-refractivity contribution in [3.63, 3.8) is 0 Å². The van der Waals surface area contributed by atoms with E-state index < -0.39 is 0 Å². The average molecular weight is 399 g/mol. The lowest BCUT2D eigenvalue weighted by molar-refractivity contribution is -0.132. The van der Waals surface area contributed by atoms with Gasteiger partial charge in [-0.05, 0) is 42.7 Å². The molecule has 4 nitrogen and oxygen atoms in total. The van der Waals surface area contributed by atoms with E-state index in [0.29, 0.717) is 13.1 Å². The lowest BCUT2D eigenvalue weighted by Crippen LogP contribution is -2.53. The molecule has 2 fully saturated rings. The summed E-state index contributed by atoms with van der Waals surface area (Å²) < 4.78 is 13.0. The van der Waals surface area contributed by atoms with Crippen LogP contribution in [0, 0.1) is 5.82 Å². The summed E-state index contributed by atoms with van der Waals surface area (Å²) in [5, 5.41) is 0. The first-order chi connectivity index (χ1) is 13.6. The minimum Gasteiger partial charge on any atom is -0.342 e. The van der Waals surface area contributed by atoms with Gasteiger partial charge in [0.25, 0.3) is 5.91 Å². The Balaban J connectivity index is 1.40. The SMILES string of the molecule is O=C(Cc1ccc(F)cc1)N1CCC2(CC1)SCCN2C(=O)c1ccccc1. The van der Waals surface area contributed by atoms with E-state index in [1.54, 1.807) is 12.1 Å². The third-order valence-corrected chi connectivity index (χ3v) is 7.16. The lowest BCUT2D eigenvalue weighted by atomic mass is 10.00. The van der Waals surface area contributed by atoms with Gasteiger partial charge in [-0.1, -0.05) is 30.3 Å². The van der Waals surface area contributed by atoms with Crippen molar-refractivity contribution >= 4 is 23.6 Å². The van der Waals surface area contributed by atoms with Crippen LogP contribution in [0.1, 0.15) is 28.8 Å². The molecule has 2 aliphatic heterocycles. The lowest BCUT2D eigenvalue weighted by Gasteiger charge is -2.44. The Labute approximate surface area is 168 Å². The predicted molar refractivity (Wildman–Crippen MR) is 109 cm³/mol. The van der Waals surface area contributed by atoms with Gasteiger partial charge in [0.1, 0.15) is 5.82 Å². The van der Waals surface area contributed by atoms with E-state index in [2.05, 4.69) is 0 Å². The molecule has 2 saturated heterocycles. The topological polar surface area (TPSA) is 40.6 Å². The van der Waals surface area contributed by atoms with Crippen molar-refractivity contribution in [2.24, 2.45) is 0 Å². The van der Waals surface area contributed by atoms with Crippen LogP contribution >= 0.6 is 11.8 Å². The molecular formula is C22H23FN2O2S. The zero-order valence-electron chi connectivity index (χ0n) is 15.6. The largest absolute Gasteiger partial charge is 0.342 e. The molecule has 0 unspecified atom stereocenters. The molecule has 1 spiro atoms. The minimum atomic E-state index is -0.294. The van der Waals surface area contributed by atoms with Crippen LogP contribution in [0.15, 0.2) is 54.6 Å². The van der Waals surface area contributed by atoms with Gasteiger partial charge >= 0.3 is 0 Å². The summed E-state index contributed by atoms with van der Waals surface area (Å²) >= 11 is 1.84. The molecule has 2 amide bonds. The molecule has 0 bridgehead atoms. The quantitative estimate of drug-likeness (QED) is 0.794. The van der Waals surface area contributed by atoms with Crippen LogP contribution < -0.4 is 0 Å². The minimum absolute atomic E-state index is 0.0605. The number of benzene rings is 2. The monoisotopic (exact) mass is 398 g/mol. The van der Waals surface area contributed by atoms with E-state index in [4.69, 9.17) is 0 Å². The van der Waals surface area contributed by atoms with Crippen LogP contribution in [-0.2, 0) is 11.2 Å². The van der Waals surface area contributed by atoms with Gasteiger partial charge < -0.3 is 9.80 Å². The molecule has 0 aromatic heterocycles. The van der Waals surface area contributed by atoms with Crippen molar-refractivity contribution in [1.29, 1.82) is 0 Å². The zero-order chi connectivity index (χ0) is 19.6. The summed E-state index contributed by atoms with van der Waals surface area (Å²) in [5.41, 5.74) is 1.54. The standard InChI is InChI=1S/C22H23FN2O2S/c23-19-8-6-17(7-9-19)16-20(26)24-12-10-22(11-13-24)25(14-15-28-22)21(27)18-4-2-1-3-5-18/h1-9H,10-16H2. The molecule has 0 aliphatic carbocycles. The smallest absolute Gasteiger partial charge is 0.254 e. The molecule has 2 aromatic carbocycles. The van der Waals surface area contributed by atoms with Crippen LogP contribution in [0.4, 0.5) is 4.39 Å². The van der Waals surface area contributed by atoms with Gasteiger partial charge in [0.2, 0.25) is 5.91 Å². The number of carbonyl (C=O) groups is 2. The molecule has 0 atom stereocenters. The third kappa shape index (κ3) is 3.78. The fourth-order valence-electron chi connectivity index (χ4n) is 4.04. The van der Waals surface area contributed by atoms with Crippen LogP contribution in [0.5, 0.6) is 0 Å². The number of thioether (sulfide) groups is 1. The van der Waals surface area contributed by atoms with Crippen molar-refractivity contribution in [3.05, 3.63) is 71.5 Å². The molecule has 0 N–H and O–H groups in total. The fourth-order valence-corrected chi connectivity index (χ4v) is 5.50. The summed E-state index contributed by atoms with van der Waals surface area (Å²) in [5.74, 6) is 0.780. The average Bonchev–Trinajstić information content (AvgIpc) is 3.13. The molecule has 4 rings (SSSR count). The Morgan fingerprint density at radius 2 is 1.64 bits per heavy atom. The van der Waals surface area contributed by atoms with Gasteiger partial charge in [-0.3, -0.25) is 9.59 Å². The maximum Gasteiger partial charge on any atom is 0.254 e. The van der Waals surface area contributed by atoms with E-state index in [9.17, 15) is 14.0 Å². The number of amides is 2. The maximum atomic E-state index is 13.0. The number of hydrogen-bond donors (Lipinski definition) is 0. The summed E-state index contributed by atoms with van der Waals surface area (Å²) in [4.78, 5) is 29.3. The van der Waals surface area contributed by atoms with Crippen LogP contribution in [-0.4, -0.2) is 51.9 Å². The predicted octanol–water partition coefficient (Wildman–Crippen LogP) is 3.58. The number of nitrogens with zero attached hydrogens (tertiary/aromatic N) is 2. The molecule has 28 heavy (non-hydrogen) atoms. The Morgan fingerprint density at radius 1 is 0.964 bits per heavy atom. The molecular weight excluding hydrogens is 375 g/mol. The highest BCUT2D eigenvalue weighted by Gasteiger charge is 2.46. The second-order valence-electron chi connectivity index (χ2n) is 7.30. The van der Waals surface area contributed by atoms with Gasteiger partial charge in [-0.2, -0.15) is 0 Å². The zero-order valence-corrected chi connectivity index (χ0v) is 16.5. The van der Waals surface area contributed by atoms with Gasteiger partial charge in [0.05, 0.1) is 11.3 Å². The highest BCUT2D eigenvalue weighted by molar-refractivity contribution is 8.00. The molecule has 2 heterocycles.